The third-order valence-corrected chi connectivity index (χ3v) is 4.72. The van der Waals surface area contributed by atoms with Gasteiger partial charge in [-0.25, -0.2) is 9.59 Å². The average Bonchev–Trinajstić information content (AvgIpc) is 2.77. The summed E-state index contributed by atoms with van der Waals surface area (Å²) < 4.78 is 15.1. The normalized spacial score (nSPS) is 13.9. The van der Waals surface area contributed by atoms with Crippen LogP contribution in [0.4, 0.5) is 5.69 Å². The van der Waals surface area contributed by atoms with Gasteiger partial charge in [-0.15, -0.1) is 0 Å². The van der Waals surface area contributed by atoms with Crippen molar-refractivity contribution in [1.29, 1.82) is 0 Å². The van der Waals surface area contributed by atoms with Crippen LogP contribution in [0.5, 0.6) is 5.75 Å². The van der Waals surface area contributed by atoms with E-state index in [-0.39, 0.29) is 30.4 Å². The SMILES string of the molecule is COC(=O)C1=C(C(=O)OC)N(c2ccc(CCc3ccc(O)cc3)cc2)COC1. The van der Waals surface area contributed by atoms with Crippen molar-refractivity contribution in [2.75, 3.05) is 32.5 Å². The van der Waals surface area contributed by atoms with Crippen molar-refractivity contribution in [3.05, 3.63) is 70.9 Å². The molecule has 1 aliphatic heterocycles. The molecule has 0 bridgehead atoms. The number of carbonyl (C=O) groups is 2. The number of phenols is 1. The number of hydrogen-bond donors (Lipinski definition) is 1. The molecule has 7 nitrogen and oxygen atoms in total. The van der Waals surface area contributed by atoms with Crippen LogP contribution in [-0.2, 0) is 36.6 Å². The number of aromatic hydroxyl groups is 1. The van der Waals surface area contributed by atoms with Crippen molar-refractivity contribution >= 4 is 17.6 Å². The summed E-state index contributed by atoms with van der Waals surface area (Å²) in [6.45, 7) is 0.107. The Balaban J connectivity index is 1.79. The average molecular weight is 397 g/mol. The van der Waals surface area contributed by atoms with Gasteiger partial charge in [0.15, 0.2) is 0 Å². The number of hydrogen-bond acceptors (Lipinski definition) is 7. The molecule has 0 fully saturated rings. The van der Waals surface area contributed by atoms with Gasteiger partial charge in [0.25, 0.3) is 0 Å². The molecule has 0 aliphatic carbocycles. The number of esters is 2. The van der Waals surface area contributed by atoms with Gasteiger partial charge in [0.05, 0.1) is 26.4 Å². The van der Waals surface area contributed by atoms with Gasteiger partial charge >= 0.3 is 11.9 Å². The topological polar surface area (TPSA) is 85.3 Å². The number of aryl methyl sites for hydroxylation is 2. The molecule has 152 valence electrons. The molecule has 0 unspecified atom stereocenters. The van der Waals surface area contributed by atoms with Gasteiger partial charge in [0.1, 0.15) is 18.2 Å². The summed E-state index contributed by atoms with van der Waals surface area (Å²) in [6.07, 6.45) is 1.67. The maximum atomic E-state index is 12.3. The molecule has 0 atom stereocenters. The molecule has 0 saturated heterocycles. The minimum atomic E-state index is -0.624. The van der Waals surface area contributed by atoms with E-state index in [1.165, 1.54) is 14.2 Å². The van der Waals surface area contributed by atoms with E-state index >= 15 is 0 Å². The number of nitrogens with zero attached hydrogens (tertiary/aromatic N) is 1. The summed E-state index contributed by atoms with van der Waals surface area (Å²) in [5.74, 6) is -0.992. The first kappa shape index (κ1) is 20.4. The van der Waals surface area contributed by atoms with Crippen molar-refractivity contribution in [3.63, 3.8) is 0 Å². The summed E-state index contributed by atoms with van der Waals surface area (Å²) in [5, 5.41) is 9.36. The maximum Gasteiger partial charge on any atom is 0.355 e. The third-order valence-electron chi connectivity index (χ3n) is 4.72. The zero-order valence-electron chi connectivity index (χ0n) is 16.4. The Morgan fingerprint density at radius 1 is 0.931 bits per heavy atom. The molecule has 0 saturated carbocycles. The van der Waals surface area contributed by atoms with E-state index in [9.17, 15) is 14.7 Å². The Kier molecular flexibility index (Phi) is 6.51. The summed E-state index contributed by atoms with van der Waals surface area (Å²) in [6, 6.07) is 14.8. The summed E-state index contributed by atoms with van der Waals surface area (Å²) in [5.41, 5.74) is 3.22. The monoisotopic (exact) mass is 397 g/mol. The van der Waals surface area contributed by atoms with E-state index in [4.69, 9.17) is 14.2 Å². The molecule has 1 heterocycles. The first-order chi connectivity index (χ1) is 14.0. The van der Waals surface area contributed by atoms with Crippen LogP contribution >= 0.6 is 0 Å². The Morgan fingerprint density at radius 3 is 2.03 bits per heavy atom. The Hall–Kier alpha value is -3.32. The minimum Gasteiger partial charge on any atom is -0.508 e. The standard InChI is InChI=1S/C22H23NO6/c1-27-21(25)19-13-29-14-23(20(19)22(26)28-2)17-9-5-15(6-10-17)3-4-16-7-11-18(24)12-8-16/h5-12,24H,3-4,13-14H2,1-2H3. The van der Waals surface area contributed by atoms with Gasteiger partial charge in [0, 0.05) is 5.69 Å². The van der Waals surface area contributed by atoms with E-state index in [2.05, 4.69) is 0 Å². The molecule has 0 amide bonds. The lowest BCUT2D eigenvalue weighted by Crippen LogP contribution is -2.38. The maximum absolute atomic E-state index is 12.3. The Morgan fingerprint density at radius 2 is 1.48 bits per heavy atom. The van der Waals surface area contributed by atoms with Crippen LogP contribution in [0, 0.1) is 0 Å². The number of methoxy groups -OCH3 is 2. The molecule has 7 heteroatoms. The lowest BCUT2D eigenvalue weighted by atomic mass is 10.0. The predicted octanol–water partition coefficient (Wildman–Crippen LogP) is 2.57. The van der Waals surface area contributed by atoms with Gasteiger partial charge in [-0.2, -0.15) is 0 Å². The van der Waals surface area contributed by atoms with E-state index in [0.29, 0.717) is 5.69 Å². The Bertz CT molecular complexity index is 902. The Labute approximate surface area is 169 Å². The van der Waals surface area contributed by atoms with Gasteiger partial charge < -0.3 is 24.2 Å². The van der Waals surface area contributed by atoms with Crippen molar-refractivity contribution in [1.82, 2.24) is 0 Å². The first-order valence-electron chi connectivity index (χ1n) is 9.15. The molecule has 0 radical (unpaired) electrons. The second kappa shape index (κ2) is 9.25. The summed E-state index contributed by atoms with van der Waals surface area (Å²) in [7, 11) is 2.52. The third kappa shape index (κ3) is 4.75. The fraction of sp³-hybridized carbons (Fsp3) is 0.273. The number of phenolic OH excluding ortho intramolecular Hbond substituents is 1. The van der Waals surface area contributed by atoms with Gasteiger partial charge in [0.2, 0.25) is 0 Å². The molecule has 1 N–H and O–H groups in total. The predicted molar refractivity (Wildman–Crippen MR) is 106 cm³/mol. The molecule has 1 aliphatic rings. The molecule has 2 aromatic rings. The molecule has 29 heavy (non-hydrogen) atoms. The molecule has 2 aromatic carbocycles. The highest BCUT2D eigenvalue weighted by Gasteiger charge is 2.32. The van der Waals surface area contributed by atoms with Gasteiger partial charge in [-0.05, 0) is 48.2 Å². The van der Waals surface area contributed by atoms with E-state index < -0.39 is 11.9 Å². The minimum absolute atomic E-state index is 0.0156. The lowest BCUT2D eigenvalue weighted by Gasteiger charge is -2.31. The number of carbonyl (C=O) groups excluding carboxylic acids is 2. The quantitative estimate of drug-likeness (QED) is 0.750. The highest BCUT2D eigenvalue weighted by molar-refractivity contribution is 6.03. The lowest BCUT2D eigenvalue weighted by molar-refractivity contribution is -0.140. The van der Waals surface area contributed by atoms with Crippen LogP contribution in [-0.4, -0.2) is 44.6 Å². The number of anilines is 1. The summed E-state index contributed by atoms with van der Waals surface area (Å²) in [4.78, 5) is 26.0. The van der Waals surface area contributed by atoms with Gasteiger partial charge in [-0.3, -0.25) is 0 Å². The zero-order valence-corrected chi connectivity index (χ0v) is 16.4. The van der Waals surface area contributed by atoms with Crippen LogP contribution in [0.3, 0.4) is 0 Å². The molecular formula is C22H23NO6. The second-order valence-corrected chi connectivity index (χ2v) is 6.55. The van der Waals surface area contributed by atoms with E-state index in [1.54, 1.807) is 17.0 Å². The van der Waals surface area contributed by atoms with Crippen molar-refractivity contribution in [3.8, 4) is 5.75 Å². The zero-order chi connectivity index (χ0) is 20.8. The number of rotatable bonds is 6. The molecule has 3 rings (SSSR count). The van der Waals surface area contributed by atoms with Crippen LogP contribution in [0.2, 0.25) is 0 Å². The van der Waals surface area contributed by atoms with Crippen LogP contribution in [0.25, 0.3) is 0 Å². The molecule has 0 spiro atoms. The van der Waals surface area contributed by atoms with E-state index in [1.807, 2.05) is 36.4 Å². The first-order valence-corrected chi connectivity index (χ1v) is 9.15. The van der Waals surface area contributed by atoms with Crippen LogP contribution < -0.4 is 4.90 Å². The highest BCUT2D eigenvalue weighted by atomic mass is 16.5. The van der Waals surface area contributed by atoms with Gasteiger partial charge in [-0.1, -0.05) is 24.3 Å². The van der Waals surface area contributed by atoms with Crippen LogP contribution in [0.1, 0.15) is 11.1 Å². The molecule has 0 aromatic heterocycles. The van der Waals surface area contributed by atoms with Crippen molar-refractivity contribution in [2.45, 2.75) is 12.8 Å². The van der Waals surface area contributed by atoms with E-state index in [0.717, 1.165) is 24.0 Å². The highest BCUT2D eigenvalue weighted by Crippen LogP contribution is 2.27. The molecular weight excluding hydrogens is 374 g/mol. The van der Waals surface area contributed by atoms with Crippen molar-refractivity contribution in [2.24, 2.45) is 0 Å². The number of ether oxygens (including phenoxy) is 3. The smallest absolute Gasteiger partial charge is 0.355 e. The van der Waals surface area contributed by atoms with Crippen molar-refractivity contribution < 1.29 is 28.9 Å². The second-order valence-electron chi connectivity index (χ2n) is 6.55. The number of benzene rings is 2. The van der Waals surface area contributed by atoms with Crippen LogP contribution in [0.15, 0.2) is 59.8 Å². The fourth-order valence-electron chi connectivity index (χ4n) is 3.14. The fourth-order valence-corrected chi connectivity index (χ4v) is 3.14. The largest absolute Gasteiger partial charge is 0.508 e. The summed E-state index contributed by atoms with van der Waals surface area (Å²) >= 11 is 0.